The maximum Gasteiger partial charge on any atom is 0.418 e. The van der Waals surface area contributed by atoms with Gasteiger partial charge in [0.25, 0.3) is 0 Å². The number of benzene rings is 3. The van der Waals surface area contributed by atoms with Crippen molar-refractivity contribution in [2.45, 2.75) is 12.7 Å². The van der Waals surface area contributed by atoms with Crippen molar-refractivity contribution in [2.75, 3.05) is 12.4 Å². The second kappa shape index (κ2) is 8.06. The van der Waals surface area contributed by atoms with Crippen molar-refractivity contribution in [3.63, 3.8) is 0 Å². The molecule has 152 valence electrons. The molecule has 0 aliphatic carbocycles. The number of alkyl halides is 3. The molecule has 0 saturated heterocycles. The number of halogens is 3. The lowest BCUT2D eigenvalue weighted by Gasteiger charge is -2.13. The number of methoxy groups -OCH3 is 1. The zero-order valence-electron chi connectivity index (χ0n) is 16.2. The Balaban J connectivity index is 1.66. The number of nitrogens with one attached hydrogen (secondary N) is 1. The molecule has 6 heteroatoms. The smallest absolute Gasteiger partial charge is 0.418 e. The molecule has 0 atom stereocenters. The summed E-state index contributed by atoms with van der Waals surface area (Å²) < 4.78 is 45.4. The highest BCUT2D eigenvalue weighted by Gasteiger charge is 2.33. The van der Waals surface area contributed by atoms with Crippen LogP contribution in [0.15, 0.2) is 79.0 Å². The number of pyridine rings is 1. The average Bonchev–Trinajstić information content (AvgIpc) is 2.76. The zero-order chi connectivity index (χ0) is 21.1. The van der Waals surface area contributed by atoms with Crippen LogP contribution >= 0.6 is 0 Å². The maximum absolute atomic E-state index is 13.4. The van der Waals surface area contributed by atoms with Crippen LogP contribution in [0.25, 0.3) is 22.0 Å². The van der Waals surface area contributed by atoms with Gasteiger partial charge in [-0.05, 0) is 53.1 Å². The van der Waals surface area contributed by atoms with Crippen molar-refractivity contribution in [3.05, 3.63) is 90.1 Å². The summed E-state index contributed by atoms with van der Waals surface area (Å²) in [5, 5.41) is 3.82. The van der Waals surface area contributed by atoms with Crippen molar-refractivity contribution in [1.29, 1.82) is 0 Å². The molecule has 0 amide bonds. The normalized spacial score (nSPS) is 11.5. The van der Waals surface area contributed by atoms with E-state index in [-0.39, 0.29) is 5.52 Å². The Morgan fingerprint density at radius 2 is 1.73 bits per heavy atom. The van der Waals surface area contributed by atoms with E-state index in [1.54, 1.807) is 19.2 Å². The van der Waals surface area contributed by atoms with Gasteiger partial charge in [-0.1, -0.05) is 36.4 Å². The van der Waals surface area contributed by atoms with Gasteiger partial charge in [0.1, 0.15) is 5.75 Å². The summed E-state index contributed by atoms with van der Waals surface area (Å²) in [7, 11) is 1.62. The van der Waals surface area contributed by atoms with Gasteiger partial charge < -0.3 is 10.1 Å². The summed E-state index contributed by atoms with van der Waals surface area (Å²) in [6.45, 7) is 0.593. The Hall–Kier alpha value is -3.54. The first-order chi connectivity index (χ1) is 14.5. The predicted molar refractivity (Wildman–Crippen MR) is 113 cm³/mol. The second-order valence-corrected chi connectivity index (χ2v) is 6.84. The Labute approximate surface area is 172 Å². The third-order valence-corrected chi connectivity index (χ3v) is 4.88. The zero-order valence-corrected chi connectivity index (χ0v) is 16.2. The van der Waals surface area contributed by atoms with Crippen molar-refractivity contribution in [3.8, 4) is 16.9 Å². The molecule has 1 N–H and O–H groups in total. The lowest BCUT2D eigenvalue weighted by Crippen LogP contribution is -2.06. The van der Waals surface area contributed by atoms with E-state index in [0.717, 1.165) is 28.6 Å². The van der Waals surface area contributed by atoms with Crippen LogP contribution in [0, 0.1) is 0 Å². The van der Waals surface area contributed by atoms with Crippen LogP contribution in [-0.4, -0.2) is 12.1 Å². The number of nitrogens with zero attached hydrogens (tertiary/aromatic N) is 1. The molecule has 0 aliphatic heterocycles. The Kier molecular flexibility index (Phi) is 5.31. The molecule has 4 rings (SSSR count). The molecule has 0 aliphatic rings. The maximum atomic E-state index is 13.4. The van der Waals surface area contributed by atoms with Crippen LogP contribution in [0.5, 0.6) is 5.75 Å². The minimum atomic E-state index is -4.45. The first-order valence-corrected chi connectivity index (χ1v) is 9.38. The van der Waals surface area contributed by atoms with Crippen molar-refractivity contribution >= 4 is 16.6 Å². The standard InChI is InChI=1S/C24H19F3N2O/c1-30-19-8-2-5-16(13-19)15-29-18-7-3-6-17(14-18)20-11-12-28-23-21(20)9-4-10-22(23)24(25,26)27/h2-14,29H,15H2,1H3. The van der Waals surface area contributed by atoms with E-state index in [9.17, 15) is 13.2 Å². The number of fused-ring (bicyclic) bond motifs is 1. The summed E-state index contributed by atoms with van der Waals surface area (Å²) >= 11 is 0. The molecule has 1 heterocycles. The lowest BCUT2D eigenvalue weighted by atomic mass is 9.99. The molecule has 0 spiro atoms. The van der Waals surface area contributed by atoms with Gasteiger partial charge in [0.2, 0.25) is 0 Å². The van der Waals surface area contributed by atoms with Gasteiger partial charge >= 0.3 is 6.18 Å². The van der Waals surface area contributed by atoms with Gasteiger partial charge in [-0.25, -0.2) is 0 Å². The molecule has 0 saturated carbocycles. The number of hydrogen-bond donors (Lipinski definition) is 1. The fourth-order valence-corrected chi connectivity index (χ4v) is 3.44. The first kappa shape index (κ1) is 19.8. The van der Waals surface area contributed by atoms with E-state index in [2.05, 4.69) is 10.3 Å². The molecular formula is C24H19F3N2O. The van der Waals surface area contributed by atoms with Crippen molar-refractivity contribution < 1.29 is 17.9 Å². The van der Waals surface area contributed by atoms with Gasteiger partial charge in [-0.2, -0.15) is 13.2 Å². The van der Waals surface area contributed by atoms with E-state index in [0.29, 0.717) is 17.5 Å². The average molecular weight is 408 g/mol. The summed E-state index contributed by atoms with van der Waals surface area (Å²) in [6, 6.07) is 21.2. The molecule has 3 aromatic carbocycles. The fraction of sp³-hybridized carbons (Fsp3) is 0.125. The van der Waals surface area contributed by atoms with E-state index in [4.69, 9.17) is 4.74 Å². The van der Waals surface area contributed by atoms with Gasteiger partial charge in [0.05, 0.1) is 18.2 Å². The van der Waals surface area contributed by atoms with E-state index in [1.807, 2.05) is 48.5 Å². The van der Waals surface area contributed by atoms with Crippen LogP contribution in [0.3, 0.4) is 0 Å². The number of anilines is 1. The Morgan fingerprint density at radius 1 is 0.933 bits per heavy atom. The van der Waals surface area contributed by atoms with Crippen molar-refractivity contribution in [2.24, 2.45) is 0 Å². The highest BCUT2D eigenvalue weighted by Crippen LogP contribution is 2.37. The minimum Gasteiger partial charge on any atom is -0.497 e. The molecular weight excluding hydrogens is 389 g/mol. The minimum absolute atomic E-state index is 0.0442. The van der Waals surface area contributed by atoms with Crippen LogP contribution < -0.4 is 10.1 Å². The highest BCUT2D eigenvalue weighted by molar-refractivity contribution is 5.96. The molecule has 30 heavy (non-hydrogen) atoms. The molecule has 3 nitrogen and oxygen atoms in total. The number of ether oxygens (including phenoxy) is 1. The molecule has 0 radical (unpaired) electrons. The lowest BCUT2D eigenvalue weighted by molar-refractivity contribution is -0.136. The summed E-state index contributed by atoms with van der Waals surface area (Å²) in [5.41, 5.74) is 2.68. The van der Waals surface area contributed by atoms with E-state index < -0.39 is 11.7 Å². The number of aromatic nitrogens is 1. The highest BCUT2D eigenvalue weighted by atomic mass is 19.4. The Morgan fingerprint density at radius 3 is 2.53 bits per heavy atom. The topological polar surface area (TPSA) is 34.1 Å². The van der Waals surface area contributed by atoms with Gasteiger partial charge in [0, 0.05) is 23.8 Å². The van der Waals surface area contributed by atoms with Gasteiger partial charge in [-0.15, -0.1) is 0 Å². The van der Waals surface area contributed by atoms with Gasteiger partial charge in [-0.3, -0.25) is 4.98 Å². The predicted octanol–water partition coefficient (Wildman–Crippen LogP) is 6.54. The third-order valence-electron chi connectivity index (χ3n) is 4.88. The number of para-hydroxylation sites is 1. The van der Waals surface area contributed by atoms with Gasteiger partial charge in [0.15, 0.2) is 0 Å². The Bertz CT molecular complexity index is 1190. The molecule has 0 bridgehead atoms. The molecule has 0 fully saturated rings. The van der Waals surface area contributed by atoms with E-state index in [1.165, 1.54) is 12.3 Å². The number of rotatable bonds is 5. The van der Waals surface area contributed by atoms with Crippen LogP contribution in [0.2, 0.25) is 0 Å². The third kappa shape index (κ3) is 4.08. The fourth-order valence-electron chi connectivity index (χ4n) is 3.44. The summed E-state index contributed by atoms with van der Waals surface area (Å²) in [4.78, 5) is 4.00. The van der Waals surface area contributed by atoms with Crippen LogP contribution in [0.4, 0.5) is 18.9 Å². The van der Waals surface area contributed by atoms with Crippen LogP contribution in [-0.2, 0) is 12.7 Å². The van der Waals surface area contributed by atoms with Crippen LogP contribution in [0.1, 0.15) is 11.1 Å². The van der Waals surface area contributed by atoms with E-state index >= 15 is 0 Å². The monoisotopic (exact) mass is 408 g/mol. The second-order valence-electron chi connectivity index (χ2n) is 6.84. The number of hydrogen-bond acceptors (Lipinski definition) is 3. The summed E-state index contributed by atoms with van der Waals surface area (Å²) in [6.07, 6.45) is -3.03. The first-order valence-electron chi connectivity index (χ1n) is 9.38. The summed E-state index contributed by atoms with van der Waals surface area (Å²) in [5.74, 6) is 0.784. The SMILES string of the molecule is COc1cccc(CNc2cccc(-c3ccnc4c(C(F)(F)F)cccc34)c2)c1. The molecule has 1 aromatic heterocycles. The molecule has 4 aromatic rings. The molecule has 0 unspecified atom stereocenters. The quantitative estimate of drug-likeness (QED) is 0.407. The largest absolute Gasteiger partial charge is 0.497 e. The van der Waals surface area contributed by atoms with Crippen molar-refractivity contribution in [1.82, 2.24) is 4.98 Å².